The van der Waals surface area contributed by atoms with E-state index in [9.17, 15) is 13.8 Å². The molecule has 8 heteroatoms. The highest BCUT2D eigenvalue weighted by atomic mass is 32.2. The molecule has 27 heavy (non-hydrogen) atoms. The van der Waals surface area contributed by atoms with Crippen molar-refractivity contribution in [3.63, 3.8) is 0 Å². The number of hydrogen-bond acceptors (Lipinski definition) is 4. The van der Waals surface area contributed by atoms with E-state index < -0.39 is 16.6 Å². The average Bonchev–Trinajstić information content (AvgIpc) is 2.65. The van der Waals surface area contributed by atoms with Gasteiger partial charge in [0, 0.05) is 38.9 Å². The number of benzene rings is 1. The minimum Gasteiger partial charge on any atom is -0.444 e. The Bertz CT molecular complexity index is 719. The Kier molecular flexibility index (Phi) is 6.78. The lowest BCUT2D eigenvalue weighted by Crippen LogP contribution is -2.50. The number of carbonyl (C=O) groups excluding carboxylic acids is 2. The Hall–Kier alpha value is -2.19. The van der Waals surface area contributed by atoms with Crippen LogP contribution < -0.4 is 4.90 Å². The number of rotatable bonds is 4. The number of carbonyl (C=O) groups is 2. The highest BCUT2D eigenvalue weighted by Gasteiger charge is 2.28. The van der Waals surface area contributed by atoms with Gasteiger partial charge in [-0.15, -0.1) is 0 Å². The summed E-state index contributed by atoms with van der Waals surface area (Å²) in [4.78, 5) is 27.5. The number of piperazine rings is 1. The highest BCUT2D eigenvalue weighted by molar-refractivity contribution is 7.82. The van der Waals surface area contributed by atoms with Gasteiger partial charge >= 0.3 is 6.09 Å². The minimum absolute atomic E-state index is 0.206. The van der Waals surface area contributed by atoms with Crippen molar-refractivity contribution in [1.29, 1.82) is 0 Å². The average molecular weight is 394 g/mol. The fourth-order valence-corrected chi connectivity index (χ4v) is 3.72. The molecule has 1 aromatic rings. The second-order valence-corrected chi connectivity index (χ2v) is 8.73. The van der Waals surface area contributed by atoms with Crippen LogP contribution in [0.5, 0.6) is 0 Å². The third-order valence-corrected chi connectivity index (χ3v) is 5.57. The Morgan fingerprint density at radius 1 is 1.15 bits per heavy atom. The van der Waals surface area contributed by atoms with Crippen molar-refractivity contribution in [1.82, 2.24) is 9.21 Å². The van der Waals surface area contributed by atoms with Gasteiger partial charge in [-0.3, -0.25) is 4.79 Å². The first-order chi connectivity index (χ1) is 12.6. The second kappa shape index (κ2) is 8.67. The molecule has 1 aromatic carbocycles. The van der Waals surface area contributed by atoms with Gasteiger partial charge in [0.2, 0.25) is 5.91 Å². The molecule has 0 N–H and O–H groups in total. The molecule has 1 saturated heterocycles. The van der Waals surface area contributed by atoms with Crippen molar-refractivity contribution in [2.75, 3.05) is 38.1 Å². The Labute approximate surface area is 163 Å². The summed E-state index contributed by atoms with van der Waals surface area (Å²) in [7, 11) is 0.339. The standard InChI is InChI=1S/C19H27N3O4S/c1-6-17(23)20(5)15-7-9-16(10-8-15)27(25)22-13-11-21(12-14-22)18(24)26-19(2,3)4/h6-10H,1,11-14H2,2-5H3. The molecule has 0 radical (unpaired) electrons. The van der Waals surface area contributed by atoms with Crippen LogP contribution in [0.25, 0.3) is 0 Å². The van der Waals surface area contributed by atoms with Gasteiger partial charge in [-0.2, -0.15) is 0 Å². The summed E-state index contributed by atoms with van der Waals surface area (Å²) in [6.07, 6.45) is 0.906. The fraction of sp³-hybridized carbons (Fsp3) is 0.474. The summed E-state index contributed by atoms with van der Waals surface area (Å²) in [5, 5.41) is 0. The summed E-state index contributed by atoms with van der Waals surface area (Å²) in [5.74, 6) is -0.206. The molecule has 7 nitrogen and oxygen atoms in total. The first-order valence-electron chi connectivity index (χ1n) is 8.77. The Balaban J connectivity index is 1.95. The maximum absolute atomic E-state index is 12.8. The van der Waals surface area contributed by atoms with Crippen LogP contribution in [0.1, 0.15) is 20.8 Å². The second-order valence-electron chi connectivity index (χ2n) is 7.24. The molecule has 1 heterocycles. The van der Waals surface area contributed by atoms with Gasteiger partial charge in [0.25, 0.3) is 0 Å². The van der Waals surface area contributed by atoms with Gasteiger partial charge in [0.15, 0.2) is 0 Å². The zero-order valence-corrected chi connectivity index (χ0v) is 17.1. The number of hydrogen-bond donors (Lipinski definition) is 0. The molecule has 0 bridgehead atoms. The largest absolute Gasteiger partial charge is 0.444 e. The van der Waals surface area contributed by atoms with Gasteiger partial charge in [0.05, 0.1) is 4.90 Å². The molecular weight excluding hydrogens is 366 g/mol. The molecule has 0 spiro atoms. The number of amides is 2. The molecule has 1 fully saturated rings. The molecule has 0 aliphatic carbocycles. The van der Waals surface area contributed by atoms with Crippen molar-refractivity contribution < 1.29 is 18.5 Å². The van der Waals surface area contributed by atoms with Gasteiger partial charge in [-0.25, -0.2) is 13.3 Å². The van der Waals surface area contributed by atoms with Crippen molar-refractivity contribution in [3.8, 4) is 0 Å². The summed E-state index contributed by atoms with van der Waals surface area (Å²) >= 11 is 0. The van der Waals surface area contributed by atoms with Gasteiger partial charge in [-0.05, 0) is 51.1 Å². The SMILES string of the molecule is C=CC(=O)N(C)c1ccc(S(=O)N2CCN(C(=O)OC(C)(C)C)CC2)cc1. The molecule has 148 valence electrons. The van der Waals surface area contributed by atoms with E-state index in [1.807, 2.05) is 25.1 Å². The van der Waals surface area contributed by atoms with Crippen LogP contribution in [-0.4, -0.2) is 64.2 Å². The summed E-state index contributed by atoms with van der Waals surface area (Å²) in [5.41, 5.74) is 0.175. The smallest absolute Gasteiger partial charge is 0.410 e. The van der Waals surface area contributed by atoms with Crippen molar-refractivity contribution in [3.05, 3.63) is 36.9 Å². The Morgan fingerprint density at radius 2 is 1.70 bits per heavy atom. The topological polar surface area (TPSA) is 70.2 Å². The van der Waals surface area contributed by atoms with E-state index in [1.54, 1.807) is 36.2 Å². The van der Waals surface area contributed by atoms with E-state index in [2.05, 4.69) is 6.58 Å². The van der Waals surface area contributed by atoms with E-state index in [4.69, 9.17) is 4.74 Å². The first-order valence-corrected chi connectivity index (χ1v) is 9.88. The van der Waals surface area contributed by atoms with E-state index in [1.165, 1.54) is 11.0 Å². The number of anilines is 1. The van der Waals surface area contributed by atoms with Gasteiger partial charge < -0.3 is 14.5 Å². The van der Waals surface area contributed by atoms with Crippen LogP contribution in [0.2, 0.25) is 0 Å². The third kappa shape index (κ3) is 5.64. The van der Waals surface area contributed by atoms with Crippen molar-refractivity contribution in [2.24, 2.45) is 0 Å². The fourth-order valence-electron chi connectivity index (χ4n) is 2.56. The monoisotopic (exact) mass is 393 g/mol. The van der Waals surface area contributed by atoms with Crippen molar-refractivity contribution in [2.45, 2.75) is 31.3 Å². The maximum Gasteiger partial charge on any atom is 0.410 e. The van der Waals surface area contributed by atoms with E-state index in [0.29, 0.717) is 36.8 Å². The predicted octanol–water partition coefficient (Wildman–Crippen LogP) is 2.41. The molecule has 1 atom stereocenters. The zero-order chi connectivity index (χ0) is 20.2. The summed E-state index contributed by atoms with van der Waals surface area (Å²) < 4.78 is 20.0. The van der Waals surface area contributed by atoms with E-state index in [0.717, 1.165) is 0 Å². The molecular formula is C19H27N3O4S. The van der Waals surface area contributed by atoms with Crippen LogP contribution in [0.4, 0.5) is 10.5 Å². The molecule has 1 aliphatic heterocycles. The van der Waals surface area contributed by atoms with E-state index in [-0.39, 0.29) is 12.0 Å². The van der Waals surface area contributed by atoms with Gasteiger partial charge in [0.1, 0.15) is 16.6 Å². The van der Waals surface area contributed by atoms with Crippen LogP contribution in [0, 0.1) is 0 Å². The minimum atomic E-state index is -1.32. The van der Waals surface area contributed by atoms with Crippen LogP contribution in [-0.2, 0) is 20.5 Å². The molecule has 0 aromatic heterocycles. The number of ether oxygens (including phenoxy) is 1. The van der Waals surface area contributed by atoms with Crippen LogP contribution in [0.3, 0.4) is 0 Å². The quantitative estimate of drug-likeness (QED) is 0.737. The van der Waals surface area contributed by atoms with Crippen LogP contribution in [0.15, 0.2) is 41.8 Å². The van der Waals surface area contributed by atoms with Gasteiger partial charge in [-0.1, -0.05) is 6.58 Å². The van der Waals surface area contributed by atoms with Crippen LogP contribution >= 0.6 is 0 Å². The third-order valence-electron chi connectivity index (χ3n) is 4.06. The molecule has 1 aliphatic rings. The molecule has 0 saturated carbocycles. The summed E-state index contributed by atoms with van der Waals surface area (Å²) in [6.45, 7) is 10.9. The van der Waals surface area contributed by atoms with E-state index >= 15 is 0 Å². The number of likely N-dealkylation sites (N-methyl/N-ethyl adjacent to an activating group) is 1. The van der Waals surface area contributed by atoms with Crippen molar-refractivity contribution >= 4 is 28.7 Å². The Morgan fingerprint density at radius 3 is 2.19 bits per heavy atom. The zero-order valence-electron chi connectivity index (χ0n) is 16.3. The molecule has 2 amide bonds. The first kappa shape index (κ1) is 21.1. The molecule has 1 unspecified atom stereocenters. The highest BCUT2D eigenvalue weighted by Crippen LogP contribution is 2.19. The number of nitrogens with zero attached hydrogens (tertiary/aromatic N) is 3. The lowest BCUT2D eigenvalue weighted by molar-refractivity contribution is -0.113. The lowest BCUT2D eigenvalue weighted by Gasteiger charge is -2.34. The predicted molar refractivity (Wildman–Crippen MR) is 106 cm³/mol. The maximum atomic E-state index is 12.8. The normalized spacial score (nSPS) is 16.5. The lowest BCUT2D eigenvalue weighted by atomic mass is 10.2. The summed E-state index contributed by atoms with van der Waals surface area (Å²) in [6, 6.07) is 7.01. The molecule has 2 rings (SSSR count).